The third kappa shape index (κ3) is 2.32. The molecule has 0 unspecified atom stereocenters. The van der Waals surface area contributed by atoms with Gasteiger partial charge in [0, 0.05) is 5.92 Å². The van der Waals surface area contributed by atoms with Crippen molar-refractivity contribution in [3.8, 4) is 0 Å². The lowest BCUT2D eigenvalue weighted by Crippen LogP contribution is -2.39. The van der Waals surface area contributed by atoms with Gasteiger partial charge in [0.05, 0.1) is 4.90 Å². The fraction of sp³-hybridized carbons (Fsp3) is 0.188. The Bertz CT molecular complexity index is 851. The molecule has 0 amide bonds. The van der Waals surface area contributed by atoms with Crippen LogP contribution in [0.15, 0.2) is 59.5 Å². The van der Waals surface area contributed by atoms with E-state index in [1.807, 2.05) is 0 Å². The number of carbonyl (C=O) groups is 1. The normalized spacial score (nSPS) is 26.7. The number of benzene rings is 2. The van der Waals surface area contributed by atoms with Crippen molar-refractivity contribution in [2.45, 2.75) is 21.6 Å². The Morgan fingerprint density at radius 3 is 2.17 bits per heavy atom. The van der Waals surface area contributed by atoms with Crippen LogP contribution in [0.5, 0.6) is 0 Å². The molecule has 1 aliphatic carbocycles. The molecule has 0 radical (unpaired) electrons. The third-order valence-corrected chi connectivity index (χ3v) is 6.44. The summed E-state index contributed by atoms with van der Waals surface area (Å²) in [6.45, 7) is 0. The molecule has 0 bridgehead atoms. The van der Waals surface area contributed by atoms with Crippen LogP contribution in [0.2, 0.25) is 0 Å². The Balaban J connectivity index is 2.07. The third-order valence-electron chi connectivity index (χ3n) is 4.18. The Morgan fingerprint density at radius 2 is 1.65 bits per heavy atom. The topological polar surface area (TPSA) is 97.5 Å². The van der Waals surface area contributed by atoms with Gasteiger partial charge in [-0.3, -0.25) is 4.79 Å². The summed E-state index contributed by atoms with van der Waals surface area (Å²) in [5.74, 6) is -2.81. The number of aliphatic carboxylic acids is 1. The van der Waals surface area contributed by atoms with E-state index in [0.717, 1.165) is 12.1 Å². The number of carboxylic acids is 1. The first-order valence-corrected chi connectivity index (χ1v) is 8.41. The lowest BCUT2D eigenvalue weighted by molar-refractivity contribution is -0.139. The van der Waals surface area contributed by atoms with Gasteiger partial charge >= 0.3 is 5.97 Å². The van der Waals surface area contributed by atoms with E-state index in [2.05, 4.69) is 0 Å². The molecule has 0 saturated heterocycles. The largest absolute Gasteiger partial charge is 0.480 e. The fourth-order valence-electron chi connectivity index (χ4n) is 2.94. The SMILES string of the molecule is N[C@@]1(C(=O)O)[C@@H](c2ccc(F)cc2)[C@@H]1S(=O)(=O)c1ccccc1. The number of nitrogens with two attached hydrogens (primary N) is 1. The molecule has 2 aromatic carbocycles. The Labute approximate surface area is 132 Å². The van der Waals surface area contributed by atoms with E-state index in [-0.39, 0.29) is 4.90 Å². The van der Waals surface area contributed by atoms with Crippen LogP contribution in [0, 0.1) is 5.82 Å². The van der Waals surface area contributed by atoms with Crippen molar-refractivity contribution >= 4 is 15.8 Å². The van der Waals surface area contributed by atoms with Gasteiger partial charge in [-0.25, -0.2) is 12.8 Å². The molecule has 2 aromatic rings. The molecule has 23 heavy (non-hydrogen) atoms. The summed E-state index contributed by atoms with van der Waals surface area (Å²) in [6, 6.07) is 12.6. The predicted molar refractivity (Wildman–Crippen MR) is 81.1 cm³/mol. The minimum absolute atomic E-state index is 0.0192. The summed E-state index contributed by atoms with van der Waals surface area (Å²) >= 11 is 0. The van der Waals surface area contributed by atoms with Crippen LogP contribution in [0.1, 0.15) is 11.5 Å². The molecule has 3 rings (SSSR count). The maximum absolute atomic E-state index is 13.1. The molecular formula is C16H14FNO4S. The van der Waals surface area contributed by atoms with Gasteiger partial charge in [0.1, 0.15) is 16.6 Å². The molecule has 1 aliphatic rings. The summed E-state index contributed by atoms with van der Waals surface area (Å²) in [5, 5.41) is 8.12. The Hall–Kier alpha value is -2.25. The van der Waals surface area contributed by atoms with E-state index >= 15 is 0 Å². The van der Waals surface area contributed by atoms with Crippen molar-refractivity contribution in [1.82, 2.24) is 0 Å². The van der Waals surface area contributed by atoms with E-state index in [1.54, 1.807) is 18.2 Å². The van der Waals surface area contributed by atoms with Gasteiger partial charge < -0.3 is 10.8 Å². The highest BCUT2D eigenvalue weighted by atomic mass is 32.2. The average Bonchev–Trinajstić information content (AvgIpc) is 3.18. The van der Waals surface area contributed by atoms with Crippen molar-refractivity contribution in [1.29, 1.82) is 0 Å². The van der Waals surface area contributed by atoms with Crippen molar-refractivity contribution in [2.24, 2.45) is 5.73 Å². The molecule has 0 spiro atoms. The van der Waals surface area contributed by atoms with E-state index in [9.17, 15) is 22.7 Å². The van der Waals surface area contributed by atoms with Gasteiger partial charge in [-0.2, -0.15) is 0 Å². The maximum atomic E-state index is 13.1. The van der Waals surface area contributed by atoms with Crippen molar-refractivity contribution in [3.05, 3.63) is 66.0 Å². The van der Waals surface area contributed by atoms with Gasteiger partial charge in [0.2, 0.25) is 0 Å². The van der Waals surface area contributed by atoms with E-state index in [4.69, 9.17) is 5.73 Å². The van der Waals surface area contributed by atoms with Crippen LogP contribution in [0.3, 0.4) is 0 Å². The average molecular weight is 335 g/mol. The lowest BCUT2D eigenvalue weighted by atomic mass is 10.1. The van der Waals surface area contributed by atoms with E-state index in [0.29, 0.717) is 5.56 Å². The number of sulfone groups is 1. The summed E-state index contributed by atoms with van der Waals surface area (Å²) in [7, 11) is -3.93. The molecule has 1 saturated carbocycles. The molecule has 0 heterocycles. The first-order chi connectivity index (χ1) is 10.8. The molecule has 0 aliphatic heterocycles. The zero-order chi connectivity index (χ0) is 16.8. The molecule has 1 fully saturated rings. The minimum Gasteiger partial charge on any atom is -0.480 e. The Morgan fingerprint density at radius 1 is 1.09 bits per heavy atom. The number of carboxylic acid groups (broad SMARTS) is 1. The predicted octanol–water partition coefficient (Wildman–Crippen LogP) is 1.55. The number of rotatable bonds is 4. The quantitative estimate of drug-likeness (QED) is 0.883. The van der Waals surface area contributed by atoms with Crippen molar-refractivity contribution in [2.75, 3.05) is 0 Å². The van der Waals surface area contributed by atoms with Crippen molar-refractivity contribution in [3.63, 3.8) is 0 Å². The summed E-state index contributed by atoms with van der Waals surface area (Å²) in [5.41, 5.74) is 4.36. The van der Waals surface area contributed by atoms with E-state index in [1.165, 1.54) is 24.3 Å². The molecule has 3 atom stereocenters. The highest BCUT2D eigenvalue weighted by Gasteiger charge is 2.74. The summed E-state index contributed by atoms with van der Waals surface area (Å²) < 4.78 is 38.5. The monoisotopic (exact) mass is 335 g/mol. The highest BCUT2D eigenvalue weighted by molar-refractivity contribution is 7.92. The van der Waals surface area contributed by atoms with Crippen LogP contribution in [-0.4, -0.2) is 30.3 Å². The van der Waals surface area contributed by atoms with Crippen molar-refractivity contribution < 1.29 is 22.7 Å². The van der Waals surface area contributed by atoms with Gasteiger partial charge in [-0.05, 0) is 29.8 Å². The molecule has 0 aromatic heterocycles. The van der Waals surface area contributed by atoms with E-state index < -0.39 is 38.3 Å². The second-order valence-corrected chi connectivity index (χ2v) is 7.62. The summed E-state index contributed by atoms with van der Waals surface area (Å²) in [6.07, 6.45) is 0. The molecular weight excluding hydrogens is 321 g/mol. The molecule has 3 N–H and O–H groups in total. The van der Waals surface area contributed by atoms with Gasteiger partial charge in [0.15, 0.2) is 9.84 Å². The standard InChI is InChI=1S/C16H14FNO4S/c17-11-8-6-10(7-9-11)13-14(16(13,18)15(19)20)23(21,22)12-4-2-1-3-5-12/h1-9,13-14H,18H2,(H,19,20)/t13-,14-,16-/m0/s1. The fourth-order valence-corrected chi connectivity index (χ4v) is 5.19. The zero-order valence-corrected chi connectivity index (χ0v) is 12.7. The lowest BCUT2D eigenvalue weighted by Gasteiger charge is -2.06. The van der Waals surface area contributed by atoms with Crippen LogP contribution in [-0.2, 0) is 14.6 Å². The second-order valence-electron chi connectivity index (χ2n) is 5.55. The summed E-state index contributed by atoms with van der Waals surface area (Å²) in [4.78, 5) is 11.6. The van der Waals surface area contributed by atoms with Gasteiger partial charge in [0.25, 0.3) is 0 Å². The zero-order valence-electron chi connectivity index (χ0n) is 11.9. The minimum atomic E-state index is -3.93. The molecule has 120 valence electrons. The van der Waals surface area contributed by atoms with Crippen LogP contribution in [0.4, 0.5) is 4.39 Å². The molecule has 5 nitrogen and oxygen atoms in total. The second kappa shape index (κ2) is 5.14. The maximum Gasteiger partial charge on any atom is 0.325 e. The number of halogens is 1. The molecule has 7 heteroatoms. The smallest absolute Gasteiger partial charge is 0.325 e. The van der Waals surface area contributed by atoms with Gasteiger partial charge in [-0.15, -0.1) is 0 Å². The van der Waals surface area contributed by atoms with Crippen LogP contribution in [0.25, 0.3) is 0 Å². The number of hydrogen-bond donors (Lipinski definition) is 2. The highest BCUT2D eigenvalue weighted by Crippen LogP contribution is 2.55. The Kier molecular flexibility index (Phi) is 3.50. The van der Waals surface area contributed by atoms with Gasteiger partial charge in [-0.1, -0.05) is 30.3 Å². The first kappa shape index (κ1) is 15.6. The number of hydrogen-bond acceptors (Lipinski definition) is 4. The van der Waals surface area contributed by atoms with Crippen LogP contribution < -0.4 is 5.73 Å². The van der Waals surface area contributed by atoms with Crippen LogP contribution >= 0.6 is 0 Å². The first-order valence-electron chi connectivity index (χ1n) is 6.86.